The number of nitrogen functional groups attached to an aromatic ring is 1. The van der Waals surface area contributed by atoms with Crippen molar-refractivity contribution >= 4 is 75.8 Å². The van der Waals surface area contributed by atoms with E-state index < -0.39 is 41.5 Å². The number of amides is 2. The molecule has 3 N–H and O–H groups in total. The number of carbonyl (C=O) groups excluding carboxylic acids is 4. The van der Waals surface area contributed by atoms with Crippen LogP contribution in [0.4, 0.5) is 5.13 Å². The number of hydrogen-bond donors (Lipinski definition) is 2. The summed E-state index contributed by atoms with van der Waals surface area (Å²) in [6.45, 7) is 2.88. The molecule has 2 amide bonds. The Balaban J connectivity index is 1.49. The number of thioether (sulfide) groups is 1. The van der Waals surface area contributed by atoms with E-state index in [-0.39, 0.29) is 23.1 Å². The van der Waals surface area contributed by atoms with Crippen LogP contribution in [-0.2, 0) is 28.7 Å². The SMILES string of the molecule is CCC(OC(C)=O)OC(=O)C1=C(/C=C\c2csnn2)CSC2C(NC(=O)/C=N\Oc3csc(N)n3)C(=O)N12. The fourth-order valence-corrected chi connectivity index (χ4v) is 5.58. The molecule has 2 aliphatic rings. The maximum absolute atomic E-state index is 13.2. The molecule has 0 bridgehead atoms. The van der Waals surface area contributed by atoms with Crippen molar-refractivity contribution in [2.24, 2.45) is 5.16 Å². The van der Waals surface area contributed by atoms with Crippen molar-refractivity contribution in [1.29, 1.82) is 0 Å². The van der Waals surface area contributed by atoms with Crippen LogP contribution in [0, 0.1) is 0 Å². The normalized spacial score (nSPS) is 19.7. The fraction of sp³-hybridized carbons (Fsp3) is 0.333. The number of allylic oxidation sites excluding steroid dienone is 1. The van der Waals surface area contributed by atoms with Gasteiger partial charge in [0.2, 0.25) is 6.29 Å². The van der Waals surface area contributed by atoms with Crippen molar-refractivity contribution in [2.75, 3.05) is 11.5 Å². The summed E-state index contributed by atoms with van der Waals surface area (Å²) in [7, 11) is 0. The van der Waals surface area contributed by atoms with Gasteiger partial charge in [-0.15, -0.1) is 28.2 Å². The van der Waals surface area contributed by atoms with Crippen LogP contribution >= 0.6 is 34.6 Å². The summed E-state index contributed by atoms with van der Waals surface area (Å²) in [4.78, 5) is 60.0. The minimum Gasteiger partial charge on any atom is -0.425 e. The molecule has 0 radical (unpaired) electrons. The number of anilines is 1. The van der Waals surface area contributed by atoms with E-state index in [9.17, 15) is 19.2 Å². The summed E-state index contributed by atoms with van der Waals surface area (Å²) in [6.07, 6.45) is 3.27. The smallest absolute Gasteiger partial charge is 0.358 e. The number of nitrogens with zero attached hydrogens (tertiary/aromatic N) is 5. The zero-order valence-electron chi connectivity index (χ0n) is 19.9. The molecule has 4 rings (SSSR count). The Bertz CT molecular complexity index is 1310. The topological polar surface area (TPSA) is 188 Å². The van der Waals surface area contributed by atoms with E-state index in [4.69, 9.17) is 20.0 Å². The third kappa shape index (κ3) is 6.35. The number of oxime groups is 1. The zero-order valence-corrected chi connectivity index (χ0v) is 22.4. The highest BCUT2D eigenvalue weighted by atomic mass is 32.2. The molecule has 14 nitrogen and oxygen atoms in total. The highest BCUT2D eigenvalue weighted by molar-refractivity contribution is 8.00. The molecule has 0 aromatic carbocycles. The number of thiazole rings is 1. The lowest BCUT2D eigenvalue weighted by molar-refractivity contribution is -0.186. The minimum absolute atomic E-state index is 0.00703. The Morgan fingerprint density at radius 1 is 1.32 bits per heavy atom. The van der Waals surface area contributed by atoms with Crippen molar-refractivity contribution in [2.45, 2.75) is 38.0 Å². The van der Waals surface area contributed by atoms with Crippen LogP contribution < -0.4 is 15.9 Å². The molecule has 3 atom stereocenters. The average Bonchev–Trinajstić information content (AvgIpc) is 3.56. The van der Waals surface area contributed by atoms with E-state index >= 15 is 0 Å². The Morgan fingerprint density at radius 3 is 2.79 bits per heavy atom. The largest absolute Gasteiger partial charge is 0.425 e. The summed E-state index contributed by atoms with van der Waals surface area (Å²) in [5.74, 6) is -2.19. The first-order chi connectivity index (χ1) is 18.3. The van der Waals surface area contributed by atoms with Gasteiger partial charge in [0, 0.05) is 24.5 Å². The van der Waals surface area contributed by atoms with Gasteiger partial charge in [0.25, 0.3) is 17.7 Å². The monoisotopic (exact) mass is 579 g/mol. The third-order valence-electron chi connectivity index (χ3n) is 5.01. The van der Waals surface area contributed by atoms with Gasteiger partial charge in [-0.3, -0.25) is 19.3 Å². The molecule has 1 fully saturated rings. The van der Waals surface area contributed by atoms with Crippen LogP contribution in [0.15, 0.2) is 33.3 Å². The molecular weight excluding hydrogens is 558 g/mol. The average molecular weight is 580 g/mol. The van der Waals surface area contributed by atoms with Gasteiger partial charge in [-0.05, 0) is 23.2 Å². The Labute approximate surface area is 228 Å². The van der Waals surface area contributed by atoms with Gasteiger partial charge in [-0.1, -0.05) is 22.6 Å². The summed E-state index contributed by atoms with van der Waals surface area (Å²) in [5.41, 5.74) is 6.57. The second kappa shape index (κ2) is 12.1. The van der Waals surface area contributed by atoms with Crippen LogP contribution in [0.5, 0.6) is 5.88 Å². The first kappa shape index (κ1) is 27.2. The van der Waals surface area contributed by atoms with Crippen molar-refractivity contribution < 1.29 is 33.5 Å². The summed E-state index contributed by atoms with van der Waals surface area (Å²) < 4.78 is 14.2. The third-order valence-corrected chi connectivity index (χ3v) is 7.48. The predicted octanol–water partition coefficient (Wildman–Crippen LogP) is 1.15. The van der Waals surface area contributed by atoms with E-state index in [0.717, 1.165) is 17.6 Å². The quantitative estimate of drug-likeness (QED) is 0.135. The molecule has 0 spiro atoms. The lowest BCUT2D eigenvalue weighted by atomic mass is 10.0. The van der Waals surface area contributed by atoms with Crippen LogP contribution in [0.3, 0.4) is 0 Å². The van der Waals surface area contributed by atoms with E-state index in [1.807, 2.05) is 0 Å². The van der Waals surface area contributed by atoms with Gasteiger partial charge in [0.15, 0.2) is 5.13 Å². The lowest BCUT2D eigenvalue weighted by Gasteiger charge is -2.49. The van der Waals surface area contributed by atoms with E-state index in [1.165, 1.54) is 40.5 Å². The number of fused-ring (bicyclic) bond motifs is 1. The number of ether oxygens (including phenoxy) is 2. The van der Waals surface area contributed by atoms with Crippen LogP contribution in [0.25, 0.3) is 6.08 Å². The van der Waals surface area contributed by atoms with Crippen LogP contribution in [0.2, 0.25) is 0 Å². The molecule has 2 aromatic rings. The highest BCUT2D eigenvalue weighted by Gasteiger charge is 2.54. The van der Waals surface area contributed by atoms with E-state index in [0.29, 0.717) is 17.0 Å². The Hall–Kier alpha value is -3.83. The summed E-state index contributed by atoms with van der Waals surface area (Å²) in [5, 5.41) is 13.0. The maximum Gasteiger partial charge on any atom is 0.358 e. The number of esters is 2. The second-order valence-electron chi connectivity index (χ2n) is 7.64. The number of nitrogens with two attached hydrogens (primary N) is 1. The minimum atomic E-state index is -1.12. The standard InChI is InChI=1S/C21H21N7O7S3/c1-3-15(33-10(2)29)34-20(32)17-11(4-5-12-8-38-27-26-12)7-36-19-16(18(31)28(17)19)24-13(30)6-23-35-14-9-37-21(22)25-14/h4-6,8-9,15-16,19H,3,7H2,1-2H3,(H2,22,25)(H,24,30)/b5-4-,23-6-. The van der Waals surface area contributed by atoms with Gasteiger partial charge in [0.05, 0.1) is 11.1 Å². The van der Waals surface area contributed by atoms with Crippen LogP contribution in [-0.4, -0.2) is 72.9 Å². The number of hydrogen-bond acceptors (Lipinski definition) is 15. The summed E-state index contributed by atoms with van der Waals surface area (Å²) in [6, 6.07) is -0.916. The molecule has 0 saturated carbocycles. The zero-order chi connectivity index (χ0) is 27.2. The first-order valence-electron chi connectivity index (χ1n) is 11.0. The van der Waals surface area contributed by atoms with Crippen molar-refractivity contribution in [3.05, 3.63) is 33.8 Å². The molecule has 200 valence electrons. The van der Waals surface area contributed by atoms with Gasteiger partial charge in [0.1, 0.15) is 23.3 Å². The number of rotatable bonds is 10. The van der Waals surface area contributed by atoms with E-state index in [2.05, 4.69) is 25.0 Å². The number of β-lactam (4-membered cyclic amide) rings is 1. The molecule has 4 heterocycles. The van der Waals surface area contributed by atoms with Gasteiger partial charge in [-0.2, -0.15) is 4.98 Å². The van der Waals surface area contributed by atoms with Crippen LogP contribution in [0.1, 0.15) is 26.0 Å². The predicted molar refractivity (Wildman–Crippen MR) is 139 cm³/mol. The molecule has 1 saturated heterocycles. The first-order valence-corrected chi connectivity index (χ1v) is 13.8. The number of aromatic nitrogens is 3. The lowest BCUT2D eigenvalue weighted by Crippen LogP contribution is -2.70. The number of nitrogens with one attached hydrogen (secondary N) is 1. The van der Waals surface area contributed by atoms with Crippen molar-refractivity contribution in [3.63, 3.8) is 0 Å². The molecule has 0 aliphatic carbocycles. The van der Waals surface area contributed by atoms with Gasteiger partial charge >= 0.3 is 11.9 Å². The molecule has 38 heavy (non-hydrogen) atoms. The van der Waals surface area contributed by atoms with Crippen molar-refractivity contribution in [3.8, 4) is 5.88 Å². The van der Waals surface area contributed by atoms with Gasteiger partial charge < -0.3 is 25.4 Å². The van der Waals surface area contributed by atoms with Gasteiger partial charge in [-0.25, -0.2) is 4.79 Å². The summed E-state index contributed by atoms with van der Waals surface area (Å²) >= 11 is 3.66. The van der Waals surface area contributed by atoms with Crippen molar-refractivity contribution in [1.82, 2.24) is 24.8 Å². The maximum atomic E-state index is 13.2. The highest BCUT2D eigenvalue weighted by Crippen LogP contribution is 2.41. The fourth-order valence-electron chi connectivity index (χ4n) is 3.37. The molecule has 2 aliphatic heterocycles. The molecule has 2 aromatic heterocycles. The molecular formula is C21H21N7O7S3. The van der Waals surface area contributed by atoms with E-state index in [1.54, 1.807) is 24.5 Å². The number of carbonyl (C=O) groups is 4. The molecule has 3 unspecified atom stereocenters. The molecule has 17 heteroatoms. The Morgan fingerprint density at radius 2 is 2.13 bits per heavy atom. The second-order valence-corrected chi connectivity index (χ2v) is 10.2. The Kier molecular flexibility index (Phi) is 8.70.